The fraction of sp³-hybridized carbons (Fsp3) is 0.370. The number of carboxylic acid groups (broad SMARTS) is 1. The first-order valence-corrected chi connectivity index (χ1v) is 11.5. The zero-order valence-electron chi connectivity index (χ0n) is 20.0. The fourth-order valence-electron chi connectivity index (χ4n) is 4.23. The summed E-state index contributed by atoms with van der Waals surface area (Å²) in [5, 5.41) is 9.96. The van der Waals surface area contributed by atoms with Crippen LogP contribution in [0.2, 0.25) is 0 Å². The third kappa shape index (κ3) is 4.83. The number of hydrogen-bond donors (Lipinski definition) is 1. The van der Waals surface area contributed by atoms with Gasteiger partial charge in [0, 0.05) is 23.9 Å². The summed E-state index contributed by atoms with van der Waals surface area (Å²) in [5.74, 6) is 0.680. The van der Waals surface area contributed by atoms with E-state index in [0.29, 0.717) is 43.2 Å². The molecule has 0 saturated heterocycles. The van der Waals surface area contributed by atoms with Crippen LogP contribution in [0.3, 0.4) is 0 Å². The van der Waals surface area contributed by atoms with Crippen LogP contribution in [-0.2, 0) is 22.4 Å². The number of oxazole rings is 1. The maximum absolute atomic E-state index is 12.9. The number of benzene rings is 2. The highest BCUT2D eigenvalue weighted by Crippen LogP contribution is 2.35. The Morgan fingerprint density at radius 3 is 2.59 bits per heavy atom. The minimum absolute atomic E-state index is 0.174. The molecule has 1 atom stereocenters. The molecule has 4 rings (SSSR count). The first-order valence-electron chi connectivity index (χ1n) is 11.5. The van der Waals surface area contributed by atoms with Crippen LogP contribution in [0.15, 0.2) is 52.9 Å². The zero-order valence-corrected chi connectivity index (χ0v) is 20.0. The molecule has 0 spiro atoms. The number of ether oxygens (including phenoxy) is 1. The smallest absolute Gasteiger partial charge is 0.331 e. The van der Waals surface area contributed by atoms with E-state index in [9.17, 15) is 14.7 Å². The van der Waals surface area contributed by atoms with Gasteiger partial charge in [-0.2, -0.15) is 0 Å². The normalized spacial score (nSPS) is 15.6. The lowest BCUT2D eigenvalue weighted by Crippen LogP contribution is -2.47. The van der Waals surface area contributed by atoms with Crippen molar-refractivity contribution in [3.8, 4) is 17.2 Å². The molecule has 0 bridgehead atoms. The van der Waals surface area contributed by atoms with E-state index in [1.165, 1.54) is 4.90 Å². The summed E-state index contributed by atoms with van der Waals surface area (Å²) in [7, 11) is 0. The molecule has 0 saturated carbocycles. The predicted molar refractivity (Wildman–Crippen MR) is 128 cm³/mol. The van der Waals surface area contributed by atoms with E-state index in [1.807, 2.05) is 49.4 Å². The quantitative estimate of drug-likeness (QED) is 0.564. The van der Waals surface area contributed by atoms with Crippen molar-refractivity contribution in [3.63, 3.8) is 0 Å². The highest BCUT2D eigenvalue weighted by atomic mass is 16.5. The van der Waals surface area contributed by atoms with E-state index in [0.717, 1.165) is 22.6 Å². The Morgan fingerprint density at radius 1 is 1.18 bits per heavy atom. The Hall–Kier alpha value is -3.61. The van der Waals surface area contributed by atoms with Crippen LogP contribution in [0.1, 0.15) is 49.4 Å². The number of nitrogens with zero attached hydrogens (tertiary/aromatic N) is 2. The van der Waals surface area contributed by atoms with Crippen molar-refractivity contribution >= 4 is 11.9 Å². The molecule has 2 heterocycles. The van der Waals surface area contributed by atoms with Crippen molar-refractivity contribution in [2.24, 2.45) is 5.41 Å². The van der Waals surface area contributed by atoms with Gasteiger partial charge in [0.05, 0.1) is 12.3 Å². The van der Waals surface area contributed by atoms with Gasteiger partial charge in [0.1, 0.15) is 11.5 Å². The van der Waals surface area contributed by atoms with Crippen molar-refractivity contribution in [1.29, 1.82) is 0 Å². The molecule has 1 N–H and O–H groups in total. The summed E-state index contributed by atoms with van der Waals surface area (Å²) in [5.41, 5.74) is 2.62. The minimum atomic E-state index is -1.04. The largest absolute Gasteiger partial charge is 0.493 e. The topological polar surface area (TPSA) is 92.9 Å². The zero-order chi connectivity index (χ0) is 24.5. The third-order valence-electron chi connectivity index (χ3n) is 6.00. The van der Waals surface area contributed by atoms with E-state index in [-0.39, 0.29) is 5.91 Å². The fourth-order valence-corrected chi connectivity index (χ4v) is 4.23. The number of aromatic nitrogens is 1. The second-order valence-corrected chi connectivity index (χ2v) is 9.59. The molecular formula is C27H30N2O5. The van der Waals surface area contributed by atoms with Gasteiger partial charge in [-0.15, -0.1) is 0 Å². The van der Waals surface area contributed by atoms with E-state index in [4.69, 9.17) is 9.15 Å². The van der Waals surface area contributed by atoms with Gasteiger partial charge in [0.2, 0.25) is 11.8 Å². The third-order valence-corrected chi connectivity index (χ3v) is 6.00. The highest BCUT2D eigenvalue weighted by Gasteiger charge is 2.39. The summed E-state index contributed by atoms with van der Waals surface area (Å²) in [6.07, 6.45) is 1.16. The molecule has 178 valence electrons. The van der Waals surface area contributed by atoms with E-state index < -0.39 is 17.4 Å². The summed E-state index contributed by atoms with van der Waals surface area (Å²) >= 11 is 0. The van der Waals surface area contributed by atoms with Crippen molar-refractivity contribution < 1.29 is 23.8 Å². The minimum Gasteiger partial charge on any atom is -0.493 e. The van der Waals surface area contributed by atoms with Crippen LogP contribution in [-0.4, -0.2) is 40.0 Å². The molecule has 0 fully saturated rings. The van der Waals surface area contributed by atoms with Gasteiger partial charge in [-0.3, -0.25) is 4.79 Å². The number of carbonyl (C=O) groups is 2. The van der Waals surface area contributed by atoms with Crippen LogP contribution < -0.4 is 4.74 Å². The number of aliphatic carboxylic acids is 1. The van der Waals surface area contributed by atoms with Gasteiger partial charge in [-0.25, -0.2) is 9.78 Å². The average Bonchev–Trinajstić information content (AvgIpc) is 3.18. The van der Waals surface area contributed by atoms with Crippen molar-refractivity contribution in [2.75, 3.05) is 13.2 Å². The molecule has 7 heteroatoms. The van der Waals surface area contributed by atoms with Crippen LogP contribution in [0.4, 0.5) is 0 Å². The van der Waals surface area contributed by atoms with E-state index in [2.05, 4.69) is 4.98 Å². The average molecular weight is 463 g/mol. The first kappa shape index (κ1) is 23.5. The molecule has 3 aromatic rings. The molecule has 0 aliphatic carbocycles. The van der Waals surface area contributed by atoms with Crippen LogP contribution in [0, 0.1) is 12.3 Å². The second-order valence-electron chi connectivity index (χ2n) is 9.59. The highest BCUT2D eigenvalue weighted by molar-refractivity contribution is 5.88. The van der Waals surface area contributed by atoms with Gasteiger partial charge < -0.3 is 19.2 Å². The molecule has 1 aliphatic rings. The van der Waals surface area contributed by atoms with Crippen molar-refractivity contribution in [1.82, 2.24) is 9.88 Å². The Balaban J connectivity index is 1.48. The number of carbonyl (C=O) groups excluding carboxylic acids is 1. The Kier molecular flexibility index (Phi) is 6.46. The molecule has 7 nitrogen and oxygen atoms in total. The Labute approximate surface area is 199 Å². The molecular weight excluding hydrogens is 432 g/mol. The maximum Gasteiger partial charge on any atom is 0.331 e. The van der Waals surface area contributed by atoms with Gasteiger partial charge in [0.25, 0.3) is 0 Å². The molecule has 2 aromatic carbocycles. The van der Waals surface area contributed by atoms with Crippen LogP contribution in [0.25, 0.3) is 11.5 Å². The number of aryl methyl sites for hydroxylation is 1. The molecule has 1 unspecified atom stereocenters. The maximum atomic E-state index is 12.9. The molecule has 1 amide bonds. The van der Waals surface area contributed by atoms with Gasteiger partial charge in [-0.1, -0.05) is 45.0 Å². The molecule has 0 radical (unpaired) electrons. The van der Waals surface area contributed by atoms with E-state index in [1.54, 1.807) is 26.8 Å². The first-order chi connectivity index (χ1) is 16.1. The summed E-state index contributed by atoms with van der Waals surface area (Å²) in [6.45, 7) is 8.04. The van der Waals surface area contributed by atoms with E-state index >= 15 is 0 Å². The predicted octanol–water partition coefficient (Wildman–Crippen LogP) is 4.83. The lowest BCUT2D eigenvalue weighted by Gasteiger charge is -2.38. The van der Waals surface area contributed by atoms with Crippen molar-refractivity contribution in [3.05, 3.63) is 71.1 Å². The monoisotopic (exact) mass is 462 g/mol. The number of fused-ring (bicyclic) bond motifs is 1. The van der Waals surface area contributed by atoms with Crippen LogP contribution >= 0.6 is 0 Å². The lowest BCUT2D eigenvalue weighted by atomic mass is 9.88. The number of hydrogen-bond acceptors (Lipinski definition) is 5. The van der Waals surface area contributed by atoms with Gasteiger partial charge in [-0.05, 0) is 48.7 Å². The number of rotatable bonds is 6. The van der Waals surface area contributed by atoms with Gasteiger partial charge in [0.15, 0.2) is 6.04 Å². The second kappa shape index (κ2) is 9.33. The SMILES string of the molecule is Cc1oc(-c2ccccc2)nc1CCOc1ccc2c(c1)C(C(=O)O)N(C(=O)C(C)(C)C)CC2. The molecule has 1 aromatic heterocycles. The summed E-state index contributed by atoms with van der Waals surface area (Å²) < 4.78 is 11.8. The summed E-state index contributed by atoms with van der Waals surface area (Å²) in [6, 6.07) is 14.2. The van der Waals surface area contributed by atoms with Crippen LogP contribution in [0.5, 0.6) is 5.75 Å². The number of carboxylic acids is 1. The Bertz CT molecular complexity index is 1190. The standard InChI is InChI=1S/C27H30N2O5/c1-17-22(28-24(34-17)19-8-6-5-7-9-19)13-15-33-20-11-10-18-12-14-29(26(32)27(2,3)4)23(25(30)31)21(18)16-20/h5-11,16,23H,12-15H2,1-4H3,(H,30,31). The lowest BCUT2D eigenvalue weighted by molar-refractivity contribution is -0.155. The molecule has 1 aliphatic heterocycles. The molecule has 34 heavy (non-hydrogen) atoms. The summed E-state index contributed by atoms with van der Waals surface area (Å²) in [4.78, 5) is 31.2. The van der Waals surface area contributed by atoms with Crippen molar-refractivity contribution in [2.45, 2.75) is 46.6 Å². The number of amides is 1. The Morgan fingerprint density at radius 2 is 1.91 bits per heavy atom. The van der Waals surface area contributed by atoms with Gasteiger partial charge >= 0.3 is 5.97 Å².